The summed E-state index contributed by atoms with van der Waals surface area (Å²) in [4.78, 5) is 11.1. The van der Waals surface area contributed by atoms with E-state index in [9.17, 15) is 4.79 Å². The Bertz CT molecular complexity index is 251. The summed E-state index contributed by atoms with van der Waals surface area (Å²) in [5.74, 6) is 0.278. The van der Waals surface area contributed by atoms with Gasteiger partial charge in [-0.1, -0.05) is 32.9 Å². The van der Waals surface area contributed by atoms with Gasteiger partial charge in [-0.3, -0.25) is 4.79 Å². The smallest absolute Gasteiger partial charge is 0.155 e. The minimum Gasteiger partial charge on any atom is -0.295 e. The Kier molecular flexibility index (Phi) is 3.07. The molecule has 0 aliphatic heterocycles. The summed E-state index contributed by atoms with van der Waals surface area (Å²) in [5.41, 5.74) is 1.40. The first kappa shape index (κ1) is 10.2. The number of hydrogen-bond acceptors (Lipinski definition) is 1. The summed E-state index contributed by atoms with van der Waals surface area (Å²) >= 11 is 0. The number of carbonyl (C=O) groups is 1. The lowest BCUT2D eigenvalue weighted by Gasteiger charge is -2.13. The molecule has 0 aromatic carbocycles. The van der Waals surface area contributed by atoms with Crippen LogP contribution in [-0.2, 0) is 4.79 Å². The third kappa shape index (κ3) is 4.07. The molecular formula is C12H18O. The molecule has 1 rings (SSSR count). The quantitative estimate of drug-likeness (QED) is 0.602. The van der Waals surface area contributed by atoms with Gasteiger partial charge in [0.15, 0.2) is 5.78 Å². The second kappa shape index (κ2) is 3.91. The topological polar surface area (TPSA) is 17.1 Å². The van der Waals surface area contributed by atoms with Crippen molar-refractivity contribution in [3.05, 3.63) is 23.8 Å². The van der Waals surface area contributed by atoms with Crippen molar-refractivity contribution in [3.63, 3.8) is 0 Å². The Morgan fingerprint density at radius 1 is 1.31 bits per heavy atom. The molecule has 0 spiro atoms. The van der Waals surface area contributed by atoms with Crippen molar-refractivity contribution in [2.75, 3.05) is 0 Å². The summed E-state index contributed by atoms with van der Waals surface area (Å²) in [6.45, 7) is 6.48. The molecular weight excluding hydrogens is 160 g/mol. The van der Waals surface area contributed by atoms with Gasteiger partial charge in [0.1, 0.15) is 0 Å². The van der Waals surface area contributed by atoms with Crippen molar-refractivity contribution in [1.82, 2.24) is 0 Å². The predicted molar refractivity (Wildman–Crippen MR) is 55.5 cm³/mol. The number of rotatable bonds is 1. The van der Waals surface area contributed by atoms with Crippen LogP contribution in [0.1, 0.15) is 40.0 Å². The van der Waals surface area contributed by atoms with E-state index in [0.29, 0.717) is 0 Å². The Balaban J connectivity index is 2.63. The van der Waals surface area contributed by atoms with E-state index in [1.54, 1.807) is 6.08 Å². The molecule has 0 N–H and O–H groups in total. The van der Waals surface area contributed by atoms with E-state index in [0.717, 1.165) is 19.3 Å². The average Bonchev–Trinajstić information content (AvgIpc) is 2.00. The fraction of sp³-hybridized carbons (Fsp3) is 0.583. The van der Waals surface area contributed by atoms with E-state index in [1.807, 2.05) is 0 Å². The van der Waals surface area contributed by atoms with Gasteiger partial charge in [0, 0.05) is 6.42 Å². The highest BCUT2D eigenvalue weighted by Crippen LogP contribution is 2.20. The summed E-state index contributed by atoms with van der Waals surface area (Å²) in [7, 11) is 0. The Morgan fingerprint density at radius 2 is 2.00 bits per heavy atom. The highest BCUT2D eigenvalue weighted by molar-refractivity contribution is 5.91. The normalized spacial score (nSPS) is 19.3. The molecule has 72 valence electrons. The number of ketones is 1. The largest absolute Gasteiger partial charge is 0.295 e. The lowest BCUT2D eigenvalue weighted by Crippen LogP contribution is -2.03. The van der Waals surface area contributed by atoms with Gasteiger partial charge in [-0.25, -0.2) is 0 Å². The molecule has 1 aliphatic rings. The highest BCUT2D eigenvalue weighted by Gasteiger charge is 2.09. The summed E-state index contributed by atoms with van der Waals surface area (Å²) < 4.78 is 0. The van der Waals surface area contributed by atoms with Crippen molar-refractivity contribution in [2.45, 2.75) is 40.0 Å². The van der Waals surface area contributed by atoms with Gasteiger partial charge in [-0.2, -0.15) is 0 Å². The second-order valence-electron chi connectivity index (χ2n) is 4.74. The first-order valence-corrected chi connectivity index (χ1v) is 4.90. The SMILES string of the molecule is CC(C)(C)/C=C\C1=CC(=O)CCC1. The number of allylic oxidation sites excluding steroid dienone is 4. The minimum atomic E-state index is 0.210. The van der Waals surface area contributed by atoms with Gasteiger partial charge in [-0.15, -0.1) is 0 Å². The van der Waals surface area contributed by atoms with Gasteiger partial charge >= 0.3 is 0 Å². The van der Waals surface area contributed by atoms with Crippen LogP contribution in [0, 0.1) is 5.41 Å². The molecule has 0 atom stereocenters. The maximum absolute atomic E-state index is 11.1. The van der Waals surface area contributed by atoms with Crippen LogP contribution in [0.4, 0.5) is 0 Å². The lowest BCUT2D eigenvalue weighted by molar-refractivity contribution is -0.115. The average molecular weight is 178 g/mol. The fourth-order valence-electron chi connectivity index (χ4n) is 1.31. The van der Waals surface area contributed by atoms with Crippen LogP contribution in [0.15, 0.2) is 23.8 Å². The number of hydrogen-bond donors (Lipinski definition) is 0. The van der Waals surface area contributed by atoms with Gasteiger partial charge in [0.2, 0.25) is 0 Å². The predicted octanol–water partition coefficient (Wildman–Crippen LogP) is 3.27. The van der Waals surface area contributed by atoms with E-state index >= 15 is 0 Å². The lowest BCUT2D eigenvalue weighted by atomic mass is 9.92. The molecule has 0 heterocycles. The van der Waals surface area contributed by atoms with E-state index in [2.05, 4.69) is 32.9 Å². The monoisotopic (exact) mass is 178 g/mol. The second-order valence-corrected chi connectivity index (χ2v) is 4.74. The van der Waals surface area contributed by atoms with E-state index < -0.39 is 0 Å². The van der Waals surface area contributed by atoms with Gasteiger partial charge in [-0.05, 0) is 29.9 Å². The van der Waals surface area contributed by atoms with Crippen LogP contribution in [0.2, 0.25) is 0 Å². The summed E-state index contributed by atoms with van der Waals surface area (Å²) in [5, 5.41) is 0. The van der Waals surface area contributed by atoms with E-state index in [4.69, 9.17) is 0 Å². The first-order valence-electron chi connectivity index (χ1n) is 4.90. The van der Waals surface area contributed by atoms with Crippen LogP contribution in [0.25, 0.3) is 0 Å². The van der Waals surface area contributed by atoms with Crippen molar-refractivity contribution in [2.24, 2.45) is 5.41 Å². The summed E-state index contributed by atoms with van der Waals surface area (Å²) in [6.07, 6.45) is 8.84. The number of carbonyl (C=O) groups excluding carboxylic acids is 1. The van der Waals surface area contributed by atoms with Gasteiger partial charge in [0.05, 0.1) is 0 Å². The Labute approximate surface area is 80.5 Å². The molecule has 0 bridgehead atoms. The van der Waals surface area contributed by atoms with Crippen molar-refractivity contribution < 1.29 is 4.79 Å². The standard InChI is InChI=1S/C12H18O/c1-12(2,3)8-7-10-5-4-6-11(13)9-10/h7-9H,4-6H2,1-3H3/b8-7-. The van der Waals surface area contributed by atoms with Crippen LogP contribution in [0.3, 0.4) is 0 Å². The zero-order valence-electron chi connectivity index (χ0n) is 8.76. The summed E-state index contributed by atoms with van der Waals surface area (Å²) in [6, 6.07) is 0. The molecule has 1 heteroatoms. The van der Waals surface area contributed by atoms with Gasteiger partial charge < -0.3 is 0 Å². The third-order valence-corrected chi connectivity index (χ3v) is 2.03. The molecule has 0 unspecified atom stereocenters. The van der Waals surface area contributed by atoms with Crippen molar-refractivity contribution >= 4 is 5.78 Å². The minimum absolute atomic E-state index is 0.210. The van der Waals surface area contributed by atoms with E-state index in [-0.39, 0.29) is 11.2 Å². The first-order chi connectivity index (χ1) is 5.97. The Hall–Kier alpha value is -0.850. The van der Waals surface area contributed by atoms with Crippen LogP contribution in [0.5, 0.6) is 0 Å². The molecule has 13 heavy (non-hydrogen) atoms. The fourth-order valence-corrected chi connectivity index (χ4v) is 1.31. The van der Waals surface area contributed by atoms with Crippen molar-refractivity contribution in [3.8, 4) is 0 Å². The molecule has 1 nitrogen and oxygen atoms in total. The highest BCUT2D eigenvalue weighted by atomic mass is 16.1. The van der Waals surface area contributed by atoms with Gasteiger partial charge in [0.25, 0.3) is 0 Å². The molecule has 0 saturated carbocycles. The molecule has 1 aliphatic carbocycles. The zero-order valence-corrected chi connectivity index (χ0v) is 8.76. The molecule has 0 radical (unpaired) electrons. The van der Waals surface area contributed by atoms with Crippen LogP contribution in [-0.4, -0.2) is 5.78 Å². The van der Waals surface area contributed by atoms with Crippen LogP contribution < -0.4 is 0 Å². The molecule has 0 fully saturated rings. The van der Waals surface area contributed by atoms with E-state index in [1.165, 1.54) is 5.57 Å². The third-order valence-electron chi connectivity index (χ3n) is 2.03. The Morgan fingerprint density at radius 3 is 2.54 bits per heavy atom. The molecule has 0 amide bonds. The molecule has 0 saturated heterocycles. The molecule has 0 aromatic rings. The maximum atomic E-state index is 11.1. The van der Waals surface area contributed by atoms with Crippen LogP contribution >= 0.6 is 0 Å². The van der Waals surface area contributed by atoms with Crippen molar-refractivity contribution in [1.29, 1.82) is 0 Å². The zero-order chi connectivity index (χ0) is 9.90. The molecule has 0 aromatic heterocycles. The maximum Gasteiger partial charge on any atom is 0.155 e.